The first-order chi connectivity index (χ1) is 13.6. The maximum atomic E-state index is 12.1. The predicted octanol–water partition coefficient (Wildman–Crippen LogP) is 5.03. The van der Waals surface area contributed by atoms with Gasteiger partial charge in [-0.2, -0.15) is 0 Å². The molecule has 0 aliphatic carbocycles. The summed E-state index contributed by atoms with van der Waals surface area (Å²) in [6, 6.07) is 23.3. The summed E-state index contributed by atoms with van der Waals surface area (Å²) in [6.45, 7) is 1.84. The normalized spacial score (nSPS) is 10.6. The summed E-state index contributed by atoms with van der Waals surface area (Å²) < 4.78 is 0. The summed E-state index contributed by atoms with van der Waals surface area (Å²) >= 11 is 0. The number of hydrogen-bond donors (Lipinski definition) is 1. The molecule has 0 aliphatic rings. The molecule has 0 fully saturated rings. The van der Waals surface area contributed by atoms with Gasteiger partial charge in [-0.25, -0.2) is 10.3 Å². The SMILES string of the molecule is Cc1ccccc1C(=O)ONc1ccc(N=NC(=O)Cc2ccccc2)cc1. The number of aryl methyl sites for hydroxylation is 1. The second kappa shape index (κ2) is 9.23. The minimum absolute atomic E-state index is 0.207. The van der Waals surface area contributed by atoms with E-state index in [-0.39, 0.29) is 12.3 Å². The van der Waals surface area contributed by atoms with Crippen LogP contribution in [0.5, 0.6) is 0 Å². The molecule has 3 aromatic rings. The molecule has 28 heavy (non-hydrogen) atoms. The van der Waals surface area contributed by atoms with Gasteiger partial charge in [0.15, 0.2) is 0 Å². The summed E-state index contributed by atoms with van der Waals surface area (Å²) in [5, 5.41) is 7.66. The quantitative estimate of drug-likeness (QED) is 0.485. The third-order valence-electron chi connectivity index (χ3n) is 3.97. The van der Waals surface area contributed by atoms with Crippen LogP contribution in [0.2, 0.25) is 0 Å². The van der Waals surface area contributed by atoms with Gasteiger partial charge in [-0.3, -0.25) is 4.79 Å². The van der Waals surface area contributed by atoms with Crippen molar-refractivity contribution in [2.75, 3.05) is 5.48 Å². The van der Waals surface area contributed by atoms with Crippen LogP contribution in [0, 0.1) is 6.92 Å². The summed E-state index contributed by atoms with van der Waals surface area (Å²) in [4.78, 5) is 29.0. The zero-order valence-electron chi connectivity index (χ0n) is 15.3. The van der Waals surface area contributed by atoms with E-state index in [2.05, 4.69) is 15.7 Å². The van der Waals surface area contributed by atoms with Crippen LogP contribution in [0.1, 0.15) is 21.5 Å². The maximum Gasteiger partial charge on any atom is 0.363 e. The van der Waals surface area contributed by atoms with E-state index in [1.165, 1.54) is 0 Å². The highest BCUT2D eigenvalue weighted by molar-refractivity contribution is 5.91. The van der Waals surface area contributed by atoms with Gasteiger partial charge in [0.1, 0.15) is 0 Å². The molecule has 0 aliphatic heterocycles. The Hall–Kier alpha value is -3.80. The first kappa shape index (κ1) is 19.0. The third-order valence-corrected chi connectivity index (χ3v) is 3.97. The van der Waals surface area contributed by atoms with E-state index in [0.717, 1.165) is 11.1 Å². The Morgan fingerprint density at radius 1 is 0.893 bits per heavy atom. The Bertz CT molecular complexity index is 983. The molecule has 0 heterocycles. The minimum atomic E-state index is -0.464. The zero-order chi connectivity index (χ0) is 19.8. The van der Waals surface area contributed by atoms with Gasteiger partial charge < -0.3 is 4.84 Å². The van der Waals surface area contributed by atoms with E-state index < -0.39 is 5.97 Å². The molecule has 0 atom stereocenters. The number of amides is 1. The van der Waals surface area contributed by atoms with Crippen molar-refractivity contribution >= 4 is 23.3 Å². The number of azo groups is 1. The summed E-state index contributed by atoms with van der Waals surface area (Å²) in [6.07, 6.45) is 0.207. The van der Waals surface area contributed by atoms with Crippen molar-refractivity contribution in [3.8, 4) is 0 Å². The van der Waals surface area contributed by atoms with Crippen LogP contribution in [0.3, 0.4) is 0 Å². The van der Waals surface area contributed by atoms with Crippen molar-refractivity contribution in [1.82, 2.24) is 0 Å². The number of benzene rings is 3. The molecule has 140 valence electrons. The van der Waals surface area contributed by atoms with Gasteiger partial charge in [-0.05, 0) is 48.4 Å². The van der Waals surface area contributed by atoms with Crippen molar-refractivity contribution in [3.05, 3.63) is 95.6 Å². The first-order valence-corrected chi connectivity index (χ1v) is 8.73. The van der Waals surface area contributed by atoms with Crippen LogP contribution >= 0.6 is 0 Å². The topological polar surface area (TPSA) is 80.1 Å². The minimum Gasteiger partial charge on any atom is -0.338 e. The molecule has 3 rings (SSSR count). The molecule has 0 spiro atoms. The second-order valence-corrected chi connectivity index (χ2v) is 6.11. The van der Waals surface area contributed by atoms with E-state index in [1.807, 2.05) is 49.4 Å². The van der Waals surface area contributed by atoms with Gasteiger partial charge in [0.05, 0.1) is 23.4 Å². The summed E-state index contributed by atoms with van der Waals surface area (Å²) in [7, 11) is 0. The molecule has 3 aromatic carbocycles. The Morgan fingerprint density at radius 2 is 1.57 bits per heavy atom. The number of carbonyl (C=O) groups excluding carboxylic acids is 2. The number of carbonyl (C=O) groups is 2. The first-order valence-electron chi connectivity index (χ1n) is 8.73. The van der Waals surface area contributed by atoms with Crippen molar-refractivity contribution in [2.45, 2.75) is 13.3 Å². The van der Waals surface area contributed by atoms with Crippen LogP contribution in [-0.4, -0.2) is 11.9 Å². The largest absolute Gasteiger partial charge is 0.363 e. The van der Waals surface area contributed by atoms with Gasteiger partial charge in [0.25, 0.3) is 5.91 Å². The molecular weight excluding hydrogens is 354 g/mol. The smallest absolute Gasteiger partial charge is 0.338 e. The van der Waals surface area contributed by atoms with E-state index in [9.17, 15) is 9.59 Å². The predicted molar refractivity (Wildman–Crippen MR) is 106 cm³/mol. The molecule has 6 heteroatoms. The molecule has 0 unspecified atom stereocenters. The fourth-order valence-corrected chi connectivity index (χ4v) is 2.48. The monoisotopic (exact) mass is 373 g/mol. The van der Waals surface area contributed by atoms with Gasteiger partial charge in [-0.1, -0.05) is 48.5 Å². The van der Waals surface area contributed by atoms with Crippen molar-refractivity contribution in [1.29, 1.82) is 0 Å². The lowest BCUT2D eigenvalue weighted by Gasteiger charge is -2.08. The zero-order valence-corrected chi connectivity index (χ0v) is 15.3. The van der Waals surface area contributed by atoms with Gasteiger partial charge in [0.2, 0.25) is 0 Å². The van der Waals surface area contributed by atoms with Crippen molar-refractivity contribution < 1.29 is 14.4 Å². The lowest BCUT2D eigenvalue weighted by molar-refractivity contribution is -0.117. The van der Waals surface area contributed by atoms with Crippen LogP contribution in [-0.2, 0) is 16.1 Å². The molecule has 0 bridgehead atoms. The van der Waals surface area contributed by atoms with E-state index in [1.54, 1.807) is 36.4 Å². The molecular formula is C22H19N3O3. The van der Waals surface area contributed by atoms with Gasteiger partial charge in [0, 0.05) is 0 Å². The van der Waals surface area contributed by atoms with Gasteiger partial charge in [-0.15, -0.1) is 10.2 Å². The Labute approximate surface area is 162 Å². The second-order valence-electron chi connectivity index (χ2n) is 6.11. The molecule has 1 N–H and O–H groups in total. The highest BCUT2D eigenvalue weighted by Crippen LogP contribution is 2.18. The number of anilines is 1. The molecule has 0 saturated heterocycles. The van der Waals surface area contributed by atoms with E-state index in [4.69, 9.17) is 4.84 Å². The average molecular weight is 373 g/mol. The lowest BCUT2D eigenvalue weighted by atomic mass is 10.1. The van der Waals surface area contributed by atoms with Crippen LogP contribution in [0.25, 0.3) is 0 Å². The van der Waals surface area contributed by atoms with E-state index in [0.29, 0.717) is 16.9 Å². The van der Waals surface area contributed by atoms with Crippen LogP contribution < -0.4 is 5.48 Å². The molecule has 0 aromatic heterocycles. The molecule has 0 radical (unpaired) electrons. The molecule has 0 saturated carbocycles. The number of hydrogen-bond acceptors (Lipinski definition) is 5. The molecule has 6 nitrogen and oxygen atoms in total. The number of nitrogens with one attached hydrogen (secondary N) is 1. The third kappa shape index (κ3) is 5.35. The highest BCUT2D eigenvalue weighted by atomic mass is 16.7. The van der Waals surface area contributed by atoms with Crippen LogP contribution in [0.4, 0.5) is 11.4 Å². The molecule has 1 amide bonds. The standard InChI is InChI=1S/C22H19N3O3/c1-16-7-5-6-10-20(16)22(27)28-25-19-13-11-18(12-14-19)23-24-21(26)15-17-8-3-2-4-9-17/h2-14,25H,15H2,1H3. The summed E-state index contributed by atoms with van der Waals surface area (Å²) in [5.74, 6) is -0.783. The fraction of sp³-hybridized carbons (Fsp3) is 0.0909. The van der Waals surface area contributed by atoms with E-state index >= 15 is 0 Å². The average Bonchev–Trinajstić information content (AvgIpc) is 2.72. The fourth-order valence-electron chi connectivity index (χ4n) is 2.48. The Kier molecular flexibility index (Phi) is 6.25. The van der Waals surface area contributed by atoms with Crippen molar-refractivity contribution in [3.63, 3.8) is 0 Å². The maximum absolute atomic E-state index is 12.1. The van der Waals surface area contributed by atoms with Gasteiger partial charge >= 0.3 is 5.97 Å². The lowest BCUT2D eigenvalue weighted by Crippen LogP contribution is -2.11. The summed E-state index contributed by atoms with van der Waals surface area (Å²) in [5.41, 5.74) is 5.94. The number of rotatable bonds is 6. The Balaban J connectivity index is 1.52. The Morgan fingerprint density at radius 3 is 2.29 bits per heavy atom. The number of nitrogens with zero attached hydrogens (tertiary/aromatic N) is 2. The highest BCUT2D eigenvalue weighted by Gasteiger charge is 2.10. The van der Waals surface area contributed by atoms with Crippen LogP contribution in [0.15, 0.2) is 89.1 Å². The van der Waals surface area contributed by atoms with Crippen molar-refractivity contribution in [2.24, 2.45) is 10.2 Å².